The standard InChI is InChI=1S/C14H20O3/c1-13(7-6-10-17-15-2)11-16-12-14-8-4-3-5-9-14/h3-6,8-10,13H,7,11-12H2,1-2H3. The molecule has 0 amide bonds. The van der Waals surface area contributed by atoms with E-state index in [1.807, 2.05) is 24.3 Å². The summed E-state index contributed by atoms with van der Waals surface area (Å²) in [6.45, 7) is 3.55. The zero-order chi connectivity index (χ0) is 12.3. The molecular formula is C14H20O3. The second kappa shape index (κ2) is 8.79. The Balaban J connectivity index is 2.10. The van der Waals surface area contributed by atoms with Gasteiger partial charge in [0.05, 0.1) is 13.7 Å². The monoisotopic (exact) mass is 236 g/mol. The first-order valence-electron chi connectivity index (χ1n) is 5.79. The van der Waals surface area contributed by atoms with Crippen LogP contribution >= 0.6 is 0 Å². The molecule has 0 bridgehead atoms. The maximum absolute atomic E-state index is 5.63. The lowest BCUT2D eigenvalue weighted by molar-refractivity contribution is -0.222. The summed E-state index contributed by atoms with van der Waals surface area (Å²) in [5.74, 6) is 0.468. The van der Waals surface area contributed by atoms with Crippen LogP contribution in [0.2, 0.25) is 0 Å². The van der Waals surface area contributed by atoms with Crippen molar-refractivity contribution in [3.05, 3.63) is 48.2 Å². The van der Waals surface area contributed by atoms with E-state index in [2.05, 4.69) is 28.8 Å². The van der Waals surface area contributed by atoms with Crippen LogP contribution in [0.15, 0.2) is 42.7 Å². The van der Waals surface area contributed by atoms with E-state index in [1.54, 1.807) is 6.26 Å². The first-order valence-corrected chi connectivity index (χ1v) is 5.79. The molecule has 1 atom stereocenters. The quantitative estimate of drug-likeness (QED) is 0.393. The number of benzene rings is 1. The fourth-order valence-electron chi connectivity index (χ4n) is 1.40. The largest absolute Gasteiger partial charge is 0.376 e. The fraction of sp³-hybridized carbons (Fsp3) is 0.429. The van der Waals surface area contributed by atoms with Gasteiger partial charge in [-0.2, -0.15) is 4.89 Å². The summed E-state index contributed by atoms with van der Waals surface area (Å²) in [6.07, 6.45) is 4.39. The van der Waals surface area contributed by atoms with E-state index in [9.17, 15) is 0 Å². The van der Waals surface area contributed by atoms with Gasteiger partial charge in [0.25, 0.3) is 0 Å². The molecule has 0 N–H and O–H groups in total. The molecule has 0 saturated heterocycles. The Bertz CT molecular complexity index is 309. The van der Waals surface area contributed by atoms with Crippen LogP contribution in [0.3, 0.4) is 0 Å². The van der Waals surface area contributed by atoms with Gasteiger partial charge in [-0.05, 0) is 24.0 Å². The SMILES string of the molecule is COOC=CCC(C)COCc1ccccc1. The minimum Gasteiger partial charge on any atom is -0.376 e. The van der Waals surface area contributed by atoms with Gasteiger partial charge in [-0.3, -0.25) is 0 Å². The third-order valence-corrected chi connectivity index (χ3v) is 2.30. The highest BCUT2D eigenvalue weighted by atomic mass is 17.2. The smallest absolute Gasteiger partial charge is 0.125 e. The maximum Gasteiger partial charge on any atom is 0.125 e. The molecule has 0 radical (unpaired) electrons. The van der Waals surface area contributed by atoms with Crippen LogP contribution in [0.1, 0.15) is 18.9 Å². The van der Waals surface area contributed by atoms with Gasteiger partial charge in [-0.15, -0.1) is 0 Å². The van der Waals surface area contributed by atoms with Crippen molar-refractivity contribution in [2.75, 3.05) is 13.7 Å². The van der Waals surface area contributed by atoms with Crippen molar-refractivity contribution in [2.24, 2.45) is 5.92 Å². The molecule has 94 valence electrons. The van der Waals surface area contributed by atoms with Crippen LogP contribution in [0, 0.1) is 5.92 Å². The van der Waals surface area contributed by atoms with Gasteiger partial charge in [0, 0.05) is 6.61 Å². The lowest BCUT2D eigenvalue weighted by Crippen LogP contribution is -2.05. The molecule has 0 saturated carbocycles. The highest BCUT2D eigenvalue weighted by molar-refractivity contribution is 5.13. The Morgan fingerprint density at radius 2 is 2.00 bits per heavy atom. The number of allylic oxidation sites excluding steroid dienone is 1. The van der Waals surface area contributed by atoms with Crippen molar-refractivity contribution in [3.63, 3.8) is 0 Å². The summed E-state index contributed by atoms with van der Waals surface area (Å²) >= 11 is 0. The molecule has 1 rings (SSSR count). The van der Waals surface area contributed by atoms with Crippen LogP contribution < -0.4 is 0 Å². The van der Waals surface area contributed by atoms with Gasteiger partial charge in [0.2, 0.25) is 0 Å². The van der Waals surface area contributed by atoms with E-state index in [-0.39, 0.29) is 0 Å². The summed E-state index contributed by atoms with van der Waals surface area (Å²) in [5.41, 5.74) is 1.21. The summed E-state index contributed by atoms with van der Waals surface area (Å²) in [7, 11) is 1.48. The summed E-state index contributed by atoms with van der Waals surface area (Å²) in [4.78, 5) is 9.08. The molecule has 0 aromatic heterocycles. The minimum atomic E-state index is 0.468. The second-order valence-corrected chi connectivity index (χ2v) is 3.98. The van der Waals surface area contributed by atoms with Crippen molar-refractivity contribution in [1.29, 1.82) is 0 Å². The van der Waals surface area contributed by atoms with Gasteiger partial charge < -0.3 is 9.62 Å². The molecule has 1 aromatic carbocycles. The molecule has 3 nitrogen and oxygen atoms in total. The Morgan fingerprint density at radius 3 is 2.71 bits per heavy atom. The van der Waals surface area contributed by atoms with E-state index < -0.39 is 0 Å². The highest BCUT2D eigenvalue weighted by Gasteiger charge is 2.00. The van der Waals surface area contributed by atoms with Gasteiger partial charge in [-0.25, -0.2) is 0 Å². The van der Waals surface area contributed by atoms with Crippen molar-refractivity contribution < 1.29 is 14.5 Å². The first-order chi connectivity index (χ1) is 8.33. The lowest BCUT2D eigenvalue weighted by Gasteiger charge is -2.09. The van der Waals surface area contributed by atoms with E-state index in [4.69, 9.17) is 4.74 Å². The summed E-state index contributed by atoms with van der Waals surface area (Å²) < 4.78 is 5.63. The number of rotatable bonds is 8. The number of hydrogen-bond acceptors (Lipinski definition) is 3. The highest BCUT2D eigenvalue weighted by Crippen LogP contribution is 2.06. The van der Waals surface area contributed by atoms with E-state index in [1.165, 1.54) is 12.7 Å². The van der Waals surface area contributed by atoms with Gasteiger partial charge in [-0.1, -0.05) is 37.3 Å². The van der Waals surface area contributed by atoms with Crippen molar-refractivity contribution in [3.8, 4) is 0 Å². The molecule has 0 aliphatic rings. The summed E-state index contributed by atoms with van der Waals surface area (Å²) in [5, 5.41) is 0. The van der Waals surface area contributed by atoms with Crippen molar-refractivity contribution >= 4 is 0 Å². The van der Waals surface area contributed by atoms with Crippen LogP contribution in [-0.4, -0.2) is 13.7 Å². The molecule has 0 heterocycles. The Hall–Kier alpha value is -1.32. The van der Waals surface area contributed by atoms with Gasteiger partial charge in [0.15, 0.2) is 0 Å². The Morgan fingerprint density at radius 1 is 1.24 bits per heavy atom. The molecule has 17 heavy (non-hydrogen) atoms. The average molecular weight is 236 g/mol. The fourth-order valence-corrected chi connectivity index (χ4v) is 1.40. The molecule has 0 spiro atoms. The third kappa shape index (κ3) is 6.76. The number of ether oxygens (including phenoxy) is 1. The van der Waals surface area contributed by atoms with Gasteiger partial charge >= 0.3 is 0 Å². The topological polar surface area (TPSA) is 27.7 Å². The molecular weight excluding hydrogens is 216 g/mol. The average Bonchev–Trinajstić information content (AvgIpc) is 2.36. The van der Waals surface area contributed by atoms with Crippen LogP contribution in [0.5, 0.6) is 0 Å². The minimum absolute atomic E-state index is 0.468. The van der Waals surface area contributed by atoms with Crippen LogP contribution in [-0.2, 0) is 21.1 Å². The first kappa shape index (κ1) is 13.7. The zero-order valence-corrected chi connectivity index (χ0v) is 10.5. The molecule has 0 aliphatic heterocycles. The normalized spacial score (nSPS) is 12.8. The maximum atomic E-state index is 5.63. The molecule has 0 aliphatic carbocycles. The van der Waals surface area contributed by atoms with Crippen molar-refractivity contribution in [1.82, 2.24) is 0 Å². The van der Waals surface area contributed by atoms with Gasteiger partial charge in [0.1, 0.15) is 6.26 Å². The van der Waals surface area contributed by atoms with E-state index in [0.717, 1.165) is 13.0 Å². The Kier molecular flexibility index (Phi) is 7.11. The number of hydrogen-bond donors (Lipinski definition) is 0. The lowest BCUT2D eigenvalue weighted by atomic mass is 10.1. The summed E-state index contributed by atoms with van der Waals surface area (Å²) in [6, 6.07) is 10.2. The molecule has 1 aromatic rings. The molecule has 1 unspecified atom stereocenters. The Labute approximate surface area is 103 Å². The molecule has 0 fully saturated rings. The second-order valence-electron chi connectivity index (χ2n) is 3.98. The van der Waals surface area contributed by atoms with Crippen LogP contribution in [0.4, 0.5) is 0 Å². The van der Waals surface area contributed by atoms with Crippen molar-refractivity contribution in [2.45, 2.75) is 20.0 Å². The molecule has 3 heteroatoms. The predicted octanol–water partition coefficient (Wildman–Crippen LogP) is 3.32. The van der Waals surface area contributed by atoms with E-state index >= 15 is 0 Å². The van der Waals surface area contributed by atoms with E-state index in [0.29, 0.717) is 12.5 Å². The third-order valence-electron chi connectivity index (χ3n) is 2.30. The zero-order valence-electron chi connectivity index (χ0n) is 10.5. The predicted molar refractivity (Wildman–Crippen MR) is 67.1 cm³/mol. The van der Waals surface area contributed by atoms with Crippen LogP contribution in [0.25, 0.3) is 0 Å².